The van der Waals surface area contributed by atoms with Gasteiger partial charge in [-0.1, -0.05) is 16.6 Å². The molecule has 0 bridgehead atoms. The zero-order chi connectivity index (χ0) is 13.9. The zero-order valence-electron chi connectivity index (χ0n) is 10.4. The Morgan fingerprint density at radius 3 is 2.39 bits per heavy atom. The van der Waals surface area contributed by atoms with E-state index in [0.29, 0.717) is 0 Å². The van der Waals surface area contributed by atoms with Crippen LogP contribution in [-0.2, 0) is 4.79 Å². The van der Waals surface area contributed by atoms with Gasteiger partial charge < -0.3 is 10.4 Å². The molecule has 0 aliphatic rings. The second-order valence-corrected chi connectivity index (χ2v) is 4.38. The number of aliphatic carboxylic acids is 1. The first-order valence-corrected chi connectivity index (χ1v) is 5.30. The first-order valence-electron chi connectivity index (χ1n) is 5.30. The van der Waals surface area contributed by atoms with Gasteiger partial charge in [0.2, 0.25) is 0 Å². The van der Waals surface area contributed by atoms with Gasteiger partial charge in [-0.2, -0.15) is 5.12 Å². The standard InChI is InChI=1S/C12H15FN2O3/c1-12(2,11(17)18)14-9-7-5-4-6-8(9)10(16)15(3)13/h4-7,14H,1-3H3,(H,17,18). The van der Waals surface area contributed by atoms with E-state index in [1.165, 1.54) is 26.0 Å². The Morgan fingerprint density at radius 1 is 1.33 bits per heavy atom. The molecule has 1 aromatic carbocycles. The van der Waals surface area contributed by atoms with Crippen molar-refractivity contribution in [2.45, 2.75) is 19.4 Å². The summed E-state index contributed by atoms with van der Waals surface area (Å²) in [5.41, 5.74) is -0.901. The fraction of sp³-hybridized carbons (Fsp3) is 0.333. The second kappa shape index (κ2) is 5.03. The van der Waals surface area contributed by atoms with Gasteiger partial charge in [0.15, 0.2) is 0 Å². The molecule has 1 aromatic rings. The summed E-state index contributed by atoms with van der Waals surface area (Å²) in [4.78, 5) is 22.6. The van der Waals surface area contributed by atoms with Crippen LogP contribution in [0.5, 0.6) is 0 Å². The summed E-state index contributed by atoms with van der Waals surface area (Å²) in [6.45, 7) is 2.91. The van der Waals surface area contributed by atoms with Gasteiger partial charge in [0.25, 0.3) is 5.91 Å². The summed E-state index contributed by atoms with van der Waals surface area (Å²) >= 11 is 0. The smallest absolute Gasteiger partial charge is 0.328 e. The Morgan fingerprint density at radius 2 is 1.89 bits per heavy atom. The van der Waals surface area contributed by atoms with Crippen LogP contribution in [0.3, 0.4) is 0 Å². The number of anilines is 1. The number of para-hydroxylation sites is 1. The van der Waals surface area contributed by atoms with Crippen molar-refractivity contribution >= 4 is 17.6 Å². The number of rotatable bonds is 4. The molecule has 0 aliphatic heterocycles. The number of carbonyl (C=O) groups is 2. The molecule has 0 atom stereocenters. The highest BCUT2D eigenvalue weighted by molar-refractivity contribution is 5.99. The van der Waals surface area contributed by atoms with E-state index in [1.54, 1.807) is 12.1 Å². The third-order valence-electron chi connectivity index (χ3n) is 2.42. The predicted molar refractivity (Wildman–Crippen MR) is 65.0 cm³/mol. The molecule has 18 heavy (non-hydrogen) atoms. The predicted octanol–water partition coefficient (Wildman–Crippen LogP) is 1.92. The van der Waals surface area contributed by atoms with Crippen LogP contribution in [0.2, 0.25) is 0 Å². The van der Waals surface area contributed by atoms with E-state index in [2.05, 4.69) is 5.32 Å². The molecule has 0 radical (unpaired) electrons. The van der Waals surface area contributed by atoms with Crippen molar-refractivity contribution in [1.82, 2.24) is 5.12 Å². The number of benzene rings is 1. The number of nitrogens with zero attached hydrogens (tertiary/aromatic N) is 1. The topological polar surface area (TPSA) is 69.6 Å². The van der Waals surface area contributed by atoms with Crippen molar-refractivity contribution in [3.05, 3.63) is 29.8 Å². The molecule has 0 saturated carbocycles. The quantitative estimate of drug-likeness (QED) is 0.805. The summed E-state index contributed by atoms with van der Waals surface area (Å²) in [5.74, 6) is -1.90. The number of nitrogens with one attached hydrogen (secondary N) is 1. The number of amides is 1. The van der Waals surface area contributed by atoms with E-state index < -0.39 is 17.4 Å². The molecule has 6 heteroatoms. The molecule has 98 valence electrons. The van der Waals surface area contributed by atoms with Crippen LogP contribution in [0, 0.1) is 0 Å². The van der Waals surface area contributed by atoms with E-state index in [4.69, 9.17) is 5.11 Å². The van der Waals surface area contributed by atoms with Crippen LogP contribution in [0.4, 0.5) is 10.2 Å². The van der Waals surface area contributed by atoms with Crippen LogP contribution >= 0.6 is 0 Å². The van der Waals surface area contributed by atoms with Crippen LogP contribution in [0.25, 0.3) is 0 Å². The maximum atomic E-state index is 12.9. The second-order valence-electron chi connectivity index (χ2n) is 4.38. The zero-order valence-corrected chi connectivity index (χ0v) is 10.4. The summed E-state index contributed by atoms with van der Waals surface area (Å²) < 4.78 is 12.9. The molecule has 0 heterocycles. The third-order valence-corrected chi connectivity index (χ3v) is 2.42. The fourth-order valence-corrected chi connectivity index (χ4v) is 1.33. The average Bonchev–Trinajstić information content (AvgIpc) is 2.28. The molecule has 0 unspecified atom stereocenters. The maximum Gasteiger partial charge on any atom is 0.328 e. The van der Waals surface area contributed by atoms with Crippen molar-refractivity contribution < 1.29 is 19.2 Å². The highest BCUT2D eigenvalue weighted by Crippen LogP contribution is 2.21. The molecule has 0 saturated heterocycles. The van der Waals surface area contributed by atoms with Crippen LogP contribution in [-0.4, -0.2) is 34.7 Å². The molecule has 1 rings (SSSR count). The minimum Gasteiger partial charge on any atom is -0.480 e. The first kappa shape index (κ1) is 14.0. The van der Waals surface area contributed by atoms with Crippen molar-refractivity contribution in [3.63, 3.8) is 0 Å². The van der Waals surface area contributed by atoms with E-state index >= 15 is 0 Å². The molecule has 5 nitrogen and oxygen atoms in total. The molecule has 2 N–H and O–H groups in total. The third kappa shape index (κ3) is 2.97. The minimum atomic E-state index is -1.26. The average molecular weight is 254 g/mol. The first-order chi connectivity index (χ1) is 8.25. The highest BCUT2D eigenvalue weighted by Gasteiger charge is 2.28. The van der Waals surface area contributed by atoms with E-state index in [0.717, 1.165) is 7.05 Å². The van der Waals surface area contributed by atoms with E-state index in [9.17, 15) is 14.1 Å². The Hall–Kier alpha value is -2.11. The van der Waals surface area contributed by atoms with Crippen molar-refractivity contribution in [1.29, 1.82) is 0 Å². The fourth-order valence-electron chi connectivity index (χ4n) is 1.33. The lowest BCUT2D eigenvalue weighted by Gasteiger charge is -2.24. The molecule has 0 aliphatic carbocycles. The van der Waals surface area contributed by atoms with Gasteiger partial charge >= 0.3 is 5.97 Å². The van der Waals surface area contributed by atoms with Gasteiger partial charge in [0.05, 0.1) is 5.56 Å². The summed E-state index contributed by atoms with van der Waals surface area (Å²) in [7, 11) is 0.988. The lowest BCUT2D eigenvalue weighted by molar-refractivity contribution is -0.141. The highest BCUT2D eigenvalue weighted by atomic mass is 19.2. The lowest BCUT2D eigenvalue weighted by atomic mass is 10.0. The molecular weight excluding hydrogens is 239 g/mol. The van der Waals surface area contributed by atoms with Crippen molar-refractivity contribution in [2.24, 2.45) is 0 Å². The number of halogens is 1. The van der Waals surface area contributed by atoms with Gasteiger partial charge in [-0.15, -0.1) is 0 Å². The van der Waals surface area contributed by atoms with Gasteiger partial charge in [-0.25, -0.2) is 4.79 Å². The maximum absolute atomic E-state index is 12.9. The lowest BCUT2D eigenvalue weighted by Crippen LogP contribution is -2.40. The molecule has 0 fully saturated rings. The minimum absolute atomic E-state index is 0.0473. The van der Waals surface area contributed by atoms with Crippen LogP contribution in [0.15, 0.2) is 24.3 Å². The normalized spacial score (nSPS) is 10.9. The number of hydrogen-bond donors (Lipinski definition) is 2. The summed E-state index contributed by atoms with van der Waals surface area (Å²) in [5, 5.41) is 11.7. The Balaban J connectivity index is 3.11. The van der Waals surface area contributed by atoms with Gasteiger partial charge in [0.1, 0.15) is 5.54 Å². The van der Waals surface area contributed by atoms with E-state index in [-0.39, 0.29) is 16.4 Å². The Bertz CT molecular complexity index is 472. The van der Waals surface area contributed by atoms with Gasteiger partial charge in [0, 0.05) is 12.7 Å². The largest absolute Gasteiger partial charge is 0.480 e. The van der Waals surface area contributed by atoms with Crippen molar-refractivity contribution in [3.8, 4) is 0 Å². The number of carboxylic acids is 1. The molecular formula is C12H15FN2O3. The van der Waals surface area contributed by atoms with Gasteiger partial charge in [-0.3, -0.25) is 4.79 Å². The molecule has 0 spiro atoms. The Kier molecular flexibility index (Phi) is 3.90. The number of hydrogen-bond acceptors (Lipinski definition) is 3. The number of carboxylic acid groups (broad SMARTS) is 1. The van der Waals surface area contributed by atoms with E-state index in [1.807, 2.05) is 0 Å². The van der Waals surface area contributed by atoms with Gasteiger partial charge in [-0.05, 0) is 26.0 Å². The monoisotopic (exact) mass is 254 g/mol. The Labute approximate surface area is 104 Å². The summed E-state index contributed by atoms with van der Waals surface area (Å²) in [6, 6.07) is 6.17. The number of carbonyl (C=O) groups excluding carboxylic acids is 1. The SMILES string of the molecule is CN(F)C(=O)c1ccccc1NC(C)(C)C(=O)O. The molecule has 1 amide bonds. The van der Waals surface area contributed by atoms with Crippen LogP contribution < -0.4 is 5.32 Å². The van der Waals surface area contributed by atoms with Crippen LogP contribution in [0.1, 0.15) is 24.2 Å². The molecule has 0 aromatic heterocycles. The summed E-state index contributed by atoms with van der Waals surface area (Å²) in [6.07, 6.45) is 0. The van der Waals surface area contributed by atoms with Crippen molar-refractivity contribution in [2.75, 3.05) is 12.4 Å².